The minimum Gasteiger partial charge on any atom is -0.0654 e. The van der Waals surface area contributed by atoms with Crippen molar-refractivity contribution in [3.63, 3.8) is 0 Å². The summed E-state index contributed by atoms with van der Waals surface area (Å²) in [7, 11) is -1.36. The highest BCUT2D eigenvalue weighted by Crippen LogP contribution is 2.30. The maximum absolute atomic E-state index is 2.50. The summed E-state index contributed by atoms with van der Waals surface area (Å²) in [6, 6.07) is 16.5. The third-order valence-electron chi connectivity index (χ3n) is 6.91. The maximum Gasteiger partial charge on any atom is 0.0867 e. The van der Waals surface area contributed by atoms with Crippen molar-refractivity contribution in [3.8, 4) is 0 Å². The third kappa shape index (κ3) is 12.0. The SMILES string of the molecule is CCCCCCCC[Si](CCCCCC)(CCCCCCCC)c1ccccc1. The zero-order valence-corrected chi connectivity index (χ0v) is 21.3. The third-order valence-corrected chi connectivity index (χ3v) is 12.4. The zero-order valence-electron chi connectivity index (χ0n) is 20.3. The van der Waals surface area contributed by atoms with Gasteiger partial charge in [0.15, 0.2) is 0 Å². The van der Waals surface area contributed by atoms with Crippen LogP contribution in [0.3, 0.4) is 0 Å². The summed E-state index contributed by atoms with van der Waals surface area (Å²) in [6.07, 6.45) is 23.0. The first-order valence-electron chi connectivity index (χ1n) is 13.3. The van der Waals surface area contributed by atoms with E-state index in [-0.39, 0.29) is 0 Å². The van der Waals surface area contributed by atoms with E-state index in [0.717, 1.165) is 0 Å². The topological polar surface area (TPSA) is 0 Å². The van der Waals surface area contributed by atoms with Gasteiger partial charge in [0.1, 0.15) is 0 Å². The highest BCUT2D eigenvalue weighted by atomic mass is 28.3. The smallest absolute Gasteiger partial charge is 0.0654 e. The van der Waals surface area contributed by atoms with Crippen LogP contribution in [0.2, 0.25) is 18.1 Å². The molecule has 0 amide bonds. The summed E-state index contributed by atoms with van der Waals surface area (Å²) in [5, 5.41) is 1.78. The van der Waals surface area contributed by atoms with Crippen LogP contribution in [0.1, 0.15) is 124 Å². The Morgan fingerprint density at radius 1 is 0.448 bits per heavy atom. The molecule has 0 bridgehead atoms. The number of unbranched alkanes of at least 4 members (excludes halogenated alkanes) is 13. The second-order valence-electron chi connectivity index (χ2n) is 9.49. The molecule has 0 N–H and O–H groups in total. The van der Waals surface area contributed by atoms with Crippen molar-refractivity contribution in [2.24, 2.45) is 0 Å². The highest BCUT2D eigenvalue weighted by Gasteiger charge is 2.33. The molecular weight excluding hydrogens is 364 g/mol. The van der Waals surface area contributed by atoms with Gasteiger partial charge in [-0.05, 0) is 0 Å². The summed E-state index contributed by atoms with van der Waals surface area (Å²) in [5.41, 5.74) is 0. The van der Waals surface area contributed by atoms with Gasteiger partial charge in [-0.25, -0.2) is 0 Å². The lowest BCUT2D eigenvalue weighted by atomic mass is 10.1. The van der Waals surface area contributed by atoms with Crippen molar-refractivity contribution in [2.45, 2.75) is 142 Å². The van der Waals surface area contributed by atoms with Gasteiger partial charge in [0.05, 0.1) is 8.07 Å². The Morgan fingerprint density at radius 2 is 0.793 bits per heavy atom. The van der Waals surface area contributed by atoms with Crippen LogP contribution < -0.4 is 5.19 Å². The largest absolute Gasteiger partial charge is 0.0867 e. The van der Waals surface area contributed by atoms with Crippen molar-refractivity contribution in [1.82, 2.24) is 0 Å². The van der Waals surface area contributed by atoms with Gasteiger partial charge < -0.3 is 0 Å². The number of benzene rings is 1. The molecule has 0 saturated heterocycles. The molecule has 0 atom stereocenters. The van der Waals surface area contributed by atoms with Crippen LogP contribution in [0.25, 0.3) is 0 Å². The molecule has 0 spiro atoms. The van der Waals surface area contributed by atoms with Crippen LogP contribution in [0.5, 0.6) is 0 Å². The molecular formula is C28H52Si. The molecule has 0 aliphatic heterocycles. The molecule has 168 valence electrons. The quantitative estimate of drug-likeness (QED) is 0.146. The van der Waals surface area contributed by atoms with E-state index in [1.54, 1.807) is 23.3 Å². The van der Waals surface area contributed by atoms with Crippen molar-refractivity contribution >= 4 is 13.3 Å². The van der Waals surface area contributed by atoms with Crippen LogP contribution >= 0.6 is 0 Å². The summed E-state index contributed by atoms with van der Waals surface area (Å²) in [5.74, 6) is 0. The van der Waals surface area contributed by atoms with Gasteiger partial charge in [-0.15, -0.1) is 0 Å². The van der Waals surface area contributed by atoms with E-state index in [4.69, 9.17) is 0 Å². The fraction of sp³-hybridized carbons (Fsp3) is 0.786. The molecule has 1 rings (SSSR count). The molecule has 0 nitrogen and oxygen atoms in total. The van der Waals surface area contributed by atoms with Gasteiger partial charge in [-0.3, -0.25) is 0 Å². The van der Waals surface area contributed by atoms with E-state index in [2.05, 4.69) is 51.1 Å². The van der Waals surface area contributed by atoms with Gasteiger partial charge >= 0.3 is 0 Å². The Balaban J connectivity index is 2.72. The average molecular weight is 417 g/mol. The van der Waals surface area contributed by atoms with Crippen LogP contribution in [-0.2, 0) is 0 Å². The van der Waals surface area contributed by atoms with Crippen molar-refractivity contribution < 1.29 is 0 Å². The Kier molecular flexibility index (Phi) is 16.6. The summed E-state index contributed by atoms with van der Waals surface area (Å²) in [4.78, 5) is 0. The van der Waals surface area contributed by atoms with E-state index in [1.807, 2.05) is 0 Å². The van der Waals surface area contributed by atoms with Crippen LogP contribution in [0, 0.1) is 0 Å². The lowest BCUT2D eigenvalue weighted by molar-refractivity contribution is 0.613. The van der Waals surface area contributed by atoms with Crippen LogP contribution in [0.15, 0.2) is 30.3 Å². The van der Waals surface area contributed by atoms with Gasteiger partial charge in [0.2, 0.25) is 0 Å². The van der Waals surface area contributed by atoms with E-state index >= 15 is 0 Å². The molecule has 0 aliphatic carbocycles. The Labute approximate surface area is 185 Å². The minimum atomic E-state index is -1.36. The predicted molar refractivity (Wildman–Crippen MR) is 137 cm³/mol. The molecule has 1 heteroatoms. The van der Waals surface area contributed by atoms with E-state index in [0.29, 0.717) is 0 Å². The predicted octanol–water partition coefficient (Wildman–Crippen LogP) is 9.64. The van der Waals surface area contributed by atoms with Crippen molar-refractivity contribution in [1.29, 1.82) is 0 Å². The molecule has 0 saturated carbocycles. The second-order valence-corrected chi connectivity index (χ2v) is 14.1. The van der Waals surface area contributed by atoms with E-state index in [1.165, 1.54) is 103 Å². The van der Waals surface area contributed by atoms with Crippen molar-refractivity contribution in [3.05, 3.63) is 30.3 Å². The number of hydrogen-bond donors (Lipinski definition) is 0. The maximum atomic E-state index is 2.50. The highest BCUT2D eigenvalue weighted by molar-refractivity contribution is 6.91. The fourth-order valence-corrected chi connectivity index (χ4v) is 10.3. The molecule has 0 aromatic heterocycles. The average Bonchev–Trinajstić information content (AvgIpc) is 2.76. The van der Waals surface area contributed by atoms with Crippen LogP contribution in [-0.4, -0.2) is 8.07 Å². The molecule has 29 heavy (non-hydrogen) atoms. The van der Waals surface area contributed by atoms with Gasteiger partial charge in [0.25, 0.3) is 0 Å². The lowest BCUT2D eigenvalue weighted by Gasteiger charge is -2.33. The Bertz CT molecular complexity index is 437. The fourth-order valence-electron chi connectivity index (χ4n) is 4.98. The normalized spacial score (nSPS) is 11.8. The van der Waals surface area contributed by atoms with Gasteiger partial charge in [-0.1, -0.05) is 177 Å². The van der Waals surface area contributed by atoms with Crippen molar-refractivity contribution in [2.75, 3.05) is 0 Å². The molecule has 0 aliphatic rings. The molecule has 0 unspecified atom stereocenters. The number of rotatable bonds is 20. The van der Waals surface area contributed by atoms with E-state index in [9.17, 15) is 0 Å². The van der Waals surface area contributed by atoms with Crippen LogP contribution in [0.4, 0.5) is 0 Å². The Morgan fingerprint density at radius 3 is 1.21 bits per heavy atom. The summed E-state index contributed by atoms with van der Waals surface area (Å²) >= 11 is 0. The zero-order chi connectivity index (χ0) is 21.0. The summed E-state index contributed by atoms with van der Waals surface area (Å²) < 4.78 is 0. The molecule has 1 aromatic rings. The molecule has 0 fully saturated rings. The first kappa shape index (κ1) is 26.5. The number of hydrogen-bond acceptors (Lipinski definition) is 0. The lowest BCUT2D eigenvalue weighted by Crippen LogP contribution is -2.47. The first-order valence-corrected chi connectivity index (χ1v) is 16.0. The molecule has 0 heterocycles. The molecule has 0 radical (unpaired) electrons. The standard InChI is InChI=1S/C28H52Si/c1-4-7-10-13-15-21-26-29(25-20-12-9-6-3,28-23-18-17-19-24-28)27-22-16-14-11-8-5-2/h17-19,23-24H,4-16,20-22,25-27H2,1-3H3. The van der Waals surface area contributed by atoms with E-state index < -0.39 is 8.07 Å². The monoisotopic (exact) mass is 416 g/mol. The first-order chi connectivity index (χ1) is 14.3. The van der Waals surface area contributed by atoms with Gasteiger partial charge in [-0.2, -0.15) is 0 Å². The Hall–Kier alpha value is -0.563. The minimum absolute atomic E-state index is 1.36. The second kappa shape index (κ2) is 18.2. The van der Waals surface area contributed by atoms with Gasteiger partial charge in [0, 0.05) is 0 Å². The molecule has 1 aromatic carbocycles. The summed E-state index contributed by atoms with van der Waals surface area (Å²) in [6.45, 7) is 6.99.